The number of thioether (sulfide) groups is 2. The molecule has 0 saturated heterocycles. The minimum atomic E-state index is -0.139. The summed E-state index contributed by atoms with van der Waals surface area (Å²) < 4.78 is 0. The number of nitrogens with one attached hydrogen (secondary N) is 1. The molecule has 0 atom stereocenters. The molecule has 4 aromatic rings. The van der Waals surface area contributed by atoms with Crippen LogP contribution in [0.15, 0.2) is 99.3 Å². The lowest BCUT2D eigenvalue weighted by Gasteiger charge is -2.16. The first-order valence-electron chi connectivity index (χ1n) is 11.3. The Hall–Kier alpha value is -3.22. The fraction of sp³-hybridized carbons (Fsp3) is 0.143. The van der Waals surface area contributed by atoms with E-state index in [0.717, 1.165) is 40.0 Å². The van der Waals surface area contributed by atoms with Crippen molar-refractivity contribution >= 4 is 58.1 Å². The van der Waals surface area contributed by atoms with Crippen LogP contribution in [0.2, 0.25) is 0 Å². The number of H-pyrrole nitrogens is 1. The van der Waals surface area contributed by atoms with Gasteiger partial charge in [0, 0.05) is 26.3 Å². The number of hydrogen-bond acceptors (Lipinski definition) is 4. The molecule has 0 fully saturated rings. The number of amidine groups is 1. The van der Waals surface area contributed by atoms with Crippen LogP contribution in [0.25, 0.3) is 17.0 Å². The largest absolute Gasteiger partial charge is 0.341 e. The Kier molecular flexibility index (Phi) is 6.61. The molecule has 6 heteroatoms. The van der Waals surface area contributed by atoms with Gasteiger partial charge in [-0.2, -0.15) is 0 Å². The van der Waals surface area contributed by atoms with Gasteiger partial charge < -0.3 is 4.98 Å². The van der Waals surface area contributed by atoms with Crippen molar-refractivity contribution < 1.29 is 4.79 Å². The Labute approximate surface area is 208 Å². The maximum atomic E-state index is 13.6. The molecule has 1 aliphatic heterocycles. The first-order chi connectivity index (χ1) is 16.7. The third-order valence-electron chi connectivity index (χ3n) is 5.60. The van der Waals surface area contributed by atoms with E-state index in [1.807, 2.05) is 72.6 Å². The predicted octanol–water partition coefficient (Wildman–Crippen LogP) is 7.23. The number of nitrogens with zero attached hydrogens (tertiary/aromatic N) is 2. The summed E-state index contributed by atoms with van der Waals surface area (Å²) in [6.45, 7) is 2.19. The third-order valence-corrected chi connectivity index (χ3v) is 7.55. The van der Waals surface area contributed by atoms with Crippen LogP contribution in [0.1, 0.15) is 24.5 Å². The minimum Gasteiger partial charge on any atom is -0.341 e. The van der Waals surface area contributed by atoms with Gasteiger partial charge in [0.05, 0.1) is 0 Å². The Morgan fingerprint density at radius 3 is 2.47 bits per heavy atom. The lowest BCUT2D eigenvalue weighted by molar-refractivity contribution is -0.113. The van der Waals surface area contributed by atoms with E-state index in [4.69, 9.17) is 4.99 Å². The molecular formula is C28H25N3OS2. The van der Waals surface area contributed by atoms with Crippen LogP contribution in [0.3, 0.4) is 0 Å². The van der Waals surface area contributed by atoms with Gasteiger partial charge in [-0.15, -0.1) is 23.5 Å². The number of benzene rings is 3. The molecule has 1 N–H and O–H groups in total. The van der Waals surface area contributed by atoms with Crippen molar-refractivity contribution in [3.05, 3.63) is 95.7 Å². The van der Waals surface area contributed by atoms with Gasteiger partial charge in [0.2, 0.25) is 0 Å². The van der Waals surface area contributed by atoms with E-state index < -0.39 is 0 Å². The number of anilines is 1. The van der Waals surface area contributed by atoms with Crippen LogP contribution in [-0.2, 0) is 4.79 Å². The van der Waals surface area contributed by atoms with Crippen LogP contribution in [0.5, 0.6) is 0 Å². The lowest BCUT2D eigenvalue weighted by Crippen LogP contribution is -2.32. The highest BCUT2D eigenvalue weighted by Crippen LogP contribution is 2.32. The Morgan fingerprint density at radius 1 is 0.971 bits per heavy atom. The molecule has 1 amide bonds. The molecule has 0 spiro atoms. The SMILES string of the molecule is CCCSc1ccc2[nH]c(N3C(=O)/C(=C/c4ccc(SC)cc4)N=C3c3ccccc3)cc2c1. The standard InChI is InChI=1S/C28H25N3OS2/c1-3-15-34-23-13-14-24-21(17-23)18-26(29-24)31-27(20-7-5-4-6-8-20)30-25(28(31)32)16-19-9-11-22(33-2)12-10-19/h4-14,16-18,29H,3,15H2,1-2H3/b25-16-. The Morgan fingerprint density at radius 2 is 1.74 bits per heavy atom. The van der Waals surface area contributed by atoms with Crippen LogP contribution < -0.4 is 4.90 Å². The molecule has 1 aliphatic rings. The summed E-state index contributed by atoms with van der Waals surface area (Å²) in [5, 5.41) is 1.08. The summed E-state index contributed by atoms with van der Waals surface area (Å²) in [4.78, 5) is 26.0. The second-order valence-electron chi connectivity index (χ2n) is 8.00. The van der Waals surface area contributed by atoms with E-state index >= 15 is 0 Å². The molecule has 5 rings (SSSR count). The smallest absolute Gasteiger partial charge is 0.283 e. The van der Waals surface area contributed by atoms with Gasteiger partial charge in [-0.25, -0.2) is 9.89 Å². The van der Waals surface area contributed by atoms with Crippen molar-refractivity contribution in [3.63, 3.8) is 0 Å². The first-order valence-corrected chi connectivity index (χ1v) is 13.5. The van der Waals surface area contributed by atoms with E-state index in [1.165, 1.54) is 9.79 Å². The molecule has 4 nitrogen and oxygen atoms in total. The first kappa shape index (κ1) is 22.6. The van der Waals surface area contributed by atoms with E-state index in [-0.39, 0.29) is 5.91 Å². The zero-order valence-electron chi connectivity index (χ0n) is 19.1. The van der Waals surface area contributed by atoms with E-state index in [9.17, 15) is 4.79 Å². The average Bonchev–Trinajstić information content (AvgIpc) is 3.44. The number of aliphatic imine (C=N–C) groups is 1. The van der Waals surface area contributed by atoms with Crippen LogP contribution in [0, 0.1) is 0 Å². The van der Waals surface area contributed by atoms with Crippen LogP contribution >= 0.6 is 23.5 Å². The van der Waals surface area contributed by atoms with Crippen molar-refractivity contribution in [2.75, 3.05) is 16.9 Å². The molecule has 34 heavy (non-hydrogen) atoms. The fourth-order valence-corrected chi connectivity index (χ4v) is 5.13. The average molecular weight is 484 g/mol. The topological polar surface area (TPSA) is 48.5 Å². The van der Waals surface area contributed by atoms with Gasteiger partial charge in [0.15, 0.2) is 0 Å². The zero-order valence-corrected chi connectivity index (χ0v) is 20.7. The van der Waals surface area contributed by atoms with E-state index in [2.05, 4.69) is 42.2 Å². The van der Waals surface area contributed by atoms with Crippen molar-refractivity contribution in [2.45, 2.75) is 23.1 Å². The highest BCUT2D eigenvalue weighted by molar-refractivity contribution is 7.99. The molecule has 0 bridgehead atoms. The van der Waals surface area contributed by atoms with Gasteiger partial charge in [-0.3, -0.25) is 4.79 Å². The predicted molar refractivity (Wildman–Crippen MR) is 146 cm³/mol. The highest BCUT2D eigenvalue weighted by Gasteiger charge is 2.33. The maximum absolute atomic E-state index is 13.6. The van der Waals surface area contributed by atoms with Gasteiger partial charge in [-0.1, -0.05) is 49.4 Å². The monoisotopic (exact) mass is 483 g/mol. The second kappa shape index (κ2) is 9.95. The molecule has 1 aromatic heterocycles. The molecule has 2 heterocycles. The summed E-state index contributed by atoms with van der Waals surface area (Å²) in [7, 11) is 0. The number of aromatic nitrogens is 1. The summed E-state index contributed by atoms with van der Waals surface area (Å²) in [5.41, 5.74) is 3.28. The number of carbonyl (C=O) groups is 1. The normalized spacial score (nSPS) is 14.9. The Bertz CT molecular complexity index is 1390. The highest BCUT2D eigenvalue weighted by atomic mass is 32.2. The molecule has 0 unspecified atom stereocenters. The number of fused-ring (bicyclic) bond motifs is 1. The van der Waals surface area contributed by atoms with Crippen molar-refractivity contribution in [2.24, 2.45) is 4.99 Å². The molecule has 170 valence electrons. The maximum Gasteiger partial charge on any atom is 0.283 e. The number of amides is 1. The van der Waals surface area contributed by atoms with Gasteiger partial charge in [0.25, 0.3) is 5.91 Å². The summed E-state index contributed by atoms with van der Waals surface area (Å²) in [6, 6.07) is 26.4. The summed E-state index contributed by atoms with van der Waals surface area (Å²) >= 11 is 3.54. The summed E-state index contributed by atoms with van der Waals surface area (Å²) in [5.74, 6) is 2.30. The van der Waals surface area contributed by atoms with Gasteiger partial charge in [0.1, 0.15) is 17.4 Å². The molecular weight excluding hydrogens is 458 g/mol. The zero-order chi connectivity index (χ0) is 23.5. The van der Waals surface area contributed by atoms with Gasteiger partial charge >= 0.3 is 0 Å². The molecule has 0 aliphatic carbocycles. The van der Waals surface area contributed by atoms with Gasteiger partial charge in [-0.05, 0) is 66.5 Å². The number of carbonyl (C=O) groups excluding carboxylic acids is 1. The van der Waals surface area contributed by atoms with Crippen molar-refractivity contribution in [1.82, 2.24) is 4.98 Å². The summed E-state index contributed by atoms with van der Waals surface area (Å²) in [6.07, 6.45) is 5.04. The quantitative estimate of drug-likeness (QED) is 0.223. The number of hydrogen-bond donors (Lipinski definition) is 1. The van der Waals surface area contributed by atoms with Crippen LogP contribution in [-0.4, -0.2) is 28.7 Å². The fourth-order valence-electron chi connectivity index (χ4n) is 3.90. The molecule has 0 radical (unpaired) electrons. The minimum absolute atomic E-state index is 0.139. The number of rotatable bonds is 7. The number of aromatic amines is 1. The lowest BCUT2D eigenvalue weighted by atomic mass is 10.2. The molecule has 3 aromatic carbocycles. The van der Waals surface area contributed by atoms with E-state index in [1.54, 1.807) is 16.7 Å². The molecule has 0 saturated carbocycles. The van der Waals surface area contributed by atoms with Crippen molar-refractivity contribution in [1.29, 1.82) is 0 Å². The Balaban J connectivity index is 1.55. The van der Waals surface area contributed by atoms with Crippen LogP contribution in [0.4, 0.5) is 5.82 Å². The second-order valence-corrected chi connectivity index (χ2v) is 10.0. The van der Waals surface area contributed by atoms with Crippen molar-refractivity contribution in [3.8, 4) is 0 Å². The van der Waals surface area contributed by atoms with E-state index in [0.29, 0.717) is 11.5 Å². The third kappa shape index (κ3) is 4.56.